The van der Waals surface area contributed by atoms with Crippen LogP contribution >= 0.6 is 23.1 Å². The number of anilines is 1. The third-order valence-corrected chi connectivity index (χ3v) is 8.19. The Morgan fingerprint density at radius 3 is 2.78 bits per heavy atom. The van der Waals surface area contributed by atoms with E-state index in [9.17, 15) is 9.59 Å². The van der Waals surface area contributed by atoms with Gasteiger partial charge in [-0.15, -0.1) is 28.1 Å². The van der Waals surface area contributed by atoms with Crippen LogP contribution in [0.25, 0.3) is 0 Å². The molecule has 1 saturated carbocycles. The van der Waals surface area contributed by atoms with Crippen molar-refractivity contribution in [2.24, 2.45) is 0 Å². The Morgan fingerprint density at radius 2 is 2.03 bits per heavy atom. The van der Waals surface area contributed by atoms with E-state index in [4.69, 9.17) is 4.74 Å². The molecular formula is C23H30N4O3S2. The number of nitrogens with one attached hydrogen (secondary N) is 1. The Labute approximate surface area is 197 Å². The largest absolute Gasteiger partial charge is 0.462 e. The molecule has 2 aromatic rings. The van der Waals surface area contributed by atoms with Crippen molar-refractivity contribution in [1.29, 1.82) is 0 Å². The number of allylic oxidation sites excluding steroid dienone is 1. The van der Waals surface area contributed by atoms with E-state index >= 15 is 0 Å². The summed E-state index contributed by atoms with van der Waals surface area (Å²) in [4.78, 5) is 26.6. The zero-order valence-corrected chi connectivity index (χ0v) is 20.2. The molecule has 1 amide bonds. The third kappa shape index (κ3) is 4.93. The molecule has 1 fully saturated rings. The van der Waals surface area contributed by atoms with Crippen molar-refractivity contribution in [2.75, 3.05) is 17.7 Å². The average molecular weight is 475 g/mol. The number of hydrogen-bond acceptors (Lipinski definition) is 7. The third-order valence-electron chi connectivity index (χ3n) is 6.01. The van der Waals surface area contributed by atoms with E-state index in [1.165, 1.54) is 40.8 Å². The molecule has 0 bridgehead atoms. The number of thiophene rings is 1. The molecule has 2 aliphatic carbocycles. The fourth-order valence-electron chi connectivity index (χ4n) is 4.56. The fraction of sp³-hybridized carbons (Fsp3) is 0.565. The van der Waals surface area contributed by atoms with Gasteiger partial charge in [-0.3, -0.25) is 4.79 Å². The summed E-state index contributed by atoms with van der Waals surface area (Å²) in [7, 11) is 0. The Balaban J connectivity index is 1.46. The van der Waals surface area contributed by atoms with E-state index in [2.05, 4.69) is 26.7 Å². The van der Waals surface area contributed by atoms with Gasteiger partial charge in [-0.1, -0.05) is 30.7 Å². The summed E-state index contributed by atoms with van der Waals surface area (Å²) in [6.45, 7) is 6.60. The first-order valence-electron chi connectivity index (χ1n) is 11.4. The lowest BCUT2D eigenvalue weighted by Crippen LogP contribution is -2.17. The number of aromatic nitrogens is 3. The van der Waals surface area contributed by atoms with Gasteiger partial charge >= 0.3 is 5.97 Å². The van der Waals surface area contributed by atoms with Crippen molar-refractivity contribution >= 4 is 40.0 Å². The van der Waals surface area contributed by atoms with Crippen molar-refractivity contribution in [3.05, 3.63) is 34.5 Å². The molecule has 0 atom stereocenters. The van der Waals surface area contributed by atoms with Crippen LogP contribution in [0.15, 0.2) is 17.8 Å². The Kier molecular flexibility index (Phi) is 7.67. The molecule has 0 radical (unpaired) electrons. The first-order valence-corrected chi connectivity index (χ1v) is 13.2. The second-order valence-electron chi connectivity index (χ2n) is 8.19. The number of nitrogens with zero attached hydrogens (tertiary/aromatic N) is 3. The molecular weight excluding hydrogens is 444 g/mol. The van der Waals surface area contributed by atoms with E-state index in [1.54, 1.807) is 6.92 Å². The van der Waals surface area contributed by atoms with Crippen LogP contribution in [0.2, 0.25) is 0 Å². The van der Waals surface area contributed by atoms with Gasteiger partial charge in [0.05, 0.1) is 17.9 Å². The summed E-state index contributed by atoms with van der Waals surface area (Å²) in [6.07, 6.45) is 10.6. The molecule has 2 aromatic heterocycles. The minimum absolute atomic E-state index is 0.158. The molecule has 0 spiro atoms. The molecule has 172 valence electrons. The minimum atomic E-state index is -0.346. The van der Waals surface area contributed by atoms with E-state index in [-0.39, 0.29) is 17.6 Å². The van der Waals surface area contributed by atoms with Crippen molar-refractivity contribution in [1.82, 2.24) is 14.8 Å². The van der Waals surface area contributed by atoms with Crippen molar-refractivity contribution in [3.63, 3.8) is 0 Å². The second kappa shape index (κ2) is 10.7. The highest BCUT2D eigenvalue weighted by molar-refractivity contribution is 7.99. The van der Waals surface area contributed by atoms with Gasteiger partial charge in [0.1, 0.15) is 10.8 Å². The number of amides is 1. The van der Waals surface area contributed by atoms with Gasteiger partial charge in [-0.25, -0.2) is 4.79 Å². The number of esters is 1. The summed E-state index contributed by atoms with van der Waals surface area (Å²) in [6, 6.07) is 0. The molecule has 0 saturated heterocycles. The standard InChI is InChI=1S/C23H30N4O3S2/c1-3-13-27-20(15-9-5-6-10-15)25-26-23(27)31-14-18(28)24-21-19(22(29)30-4-2)16-11-7-8-12-17(16)32-21/h3,15H,1,4-14H2,2H3,(H,24,28). The Hall–Kier alpha value is -2.13. The van der Waals surface area contributed by atoms with Crippen molar-refractivity contribution in [3.8, 4) is 0 Å². The molecule has 0 aromatic carbocycles. The summed E-state index contributed by atoms with van der Waals surface area (Å²) >= 11 is 2.88. The predicted octanol–water partition coefficient (Wildman–Crippen LogP) is 4.97. The van der Waals surface area contributed by atoms with Gasteiger partial charge in [-0.2, -0.15) is 0 Å². The second-order valence-corrected chi connectivity index (χ2v) is 10.2. The summed E-state index contributed by atoms with van der Waals surface area (Å²) in [5.41, 5.74) is 1.60. The van der Waals surface area contributed by atoms with Crippen LogP contribution < -0.4 is 5.32 Å². The molecule has 2 heterocycles. The van der Waals surface area contributed by atoms with E-state index in [0.717, 1.165) is 55.1 Å². The van der Waals surface area contributed by atoms with Gasteiger partial charge in [-0.05, 0) is 51.0 Å². The molecule has 7 nitrogen and oxygen atoms in total. The molecule has 4 rings (SSSR count). The number of ether oxygens (including phenoxy) is 1. The SMILES string of the molecule is C=CCn1c(SCC(=O)Nc2sc3c(c2C(=O)OCC)CCCC3)nnc1C1CCCC1. The van der Waals surface area contributed by atoms with Crippen LogP contribution in [0.5, 0.6) is 0 Å². The number of aryl methyl sites for hydroxylation is 1. The van der Waals surface area contributed by atoms with Crippen LogP contribution in [-0.2, 0) is 28.9 Å². The molecule has 0 aliphatic heterocycles. The van der Waals surface area contributed by atoms with Gasteiger partial charge in [0.25, 0.3) is 0 Å². The number of fused-ring (bicyclic) bond motifs is 1. The van der Waals surface area contributed by atoms with Crippen LogP contribution in [0.1, 0.15) is 78.0 Å². The number of carbonyl (C=O) groups is 2. The fourth-order valence-corrected chi connectivity index (χ4v) is 6.61. The van der Waals surface area contributed by atoms with Crippen LogP contribution in [0, 0.1) is 0 Å². The molecule has 9 heteroatoms. The number of hydrogen-bond donors (Lipinski definition) is 1. The topological polar surface area (TPSA) is 86.1 Å². The summed E-state index contributed by atoms with van der Waals surface area (Å²) in [5, 5.41) is 13.1. The lowest BCUT2D eigenvalue weighted by molar-refractivity contribution is -0.113. The Bertz CT molecular complexity index is 992. The molecule has 32 heavy (non-hydrogen) atoms. The normalized spacial score (nSPS) is 16.0. The Morgan fingerprint density at radius 1 is 1.25 bits per heavy atom. The van der Waals surface area contributed by atoms with E-state index in [1.807, 2.05) is 6.08 Å². The highest BCUT2D eigenvalue weighted by Crippen LogP contribution is 2.39. The molecule has 0 unspecified atom stereocenters. The first kappa shape index (κ1) is 23.0. The number of carbonyl (C=O) groups excluding carboxylic acids is 2. The highest BCUT2D eigenvalue weighted by atomic mass is 32.2. The smallest absolute Gasteiger partial charge is 0.341 e. The average Bonchev–Trinajstić information content (AvgIpc) is 3.51. The van der Waals surface area contributed by atoms with Crippen LogP contribution in [0.3, 0.4) is 0 Å². The highest BCUT2D eigenvalue weighted by Gasteiger charge is 2.28. The quantitative estimate of drug-likeness (QED) is 0.314. The predicted molar refractivity (Wildman–Crippen MR) is 128 cm³/mol. The van der Waals surface area contributed by atoms with Gasteiger partial charge in [0.2, 0.25) is 5.91 Å². The maximum Gasteiger partial charge on any atom is 0.341 e. The lowest BCUT2D eigenvalue weighted by atomic mass is 9.95. The van der Waals surface area contributed by atoms with Crippen molar-refractivity contribution < 1.29 is 14.3 Å². The van der Waals surface area contributed by atoms with Crippen LogP contribution in [-0.4, -0.2) is 39.0 Å². The zero-order valence-electron chi connectivity index (χ0n) is 18.5. The lowest BCUT2D eigenvalue weighted by Gasteiger charge is -2.12. The monoisotopic (exact) mass is 474 g/mol. The van der Waals surface area contributed by atoms with E-state index in [0.29, 0.717) is 29.6 Å². The maximum atomic E-state index is 12.8. The maximum absolute atomic E-state index is 12.8. The van der Waals surface area contributed by atoms with Crippen LogP contribution in [0.4, 0.5) is 5.00 Å². The van der Waals surface area contributed by atoms with Gasteiger partial charge in [0.15, 0.2) is 5.16 Å². The molecule has 1 N–H and O–H groups in total. The first-order chi connectivity index (χ1) is 15.6. The number of thioether (sulfide) groups is 1. The van der Waals surface area contributed by atoms with Gasteiger partial charge in [0, 0.05) is 17.3 Å². The zero-order chi connectivity index (χ0) is 22.5. The summed E-state index contributed by atoms with van der Waals surface area (Å²) in [5.74, 6) is 1.14. The van der Waals surface area contributed by atoms with Gasteiger partial charge < -0.3 is 14.6 Å². The summed E-state index contributed by atoms with van der Waals surface area (Å²) < 4.78 is 7.36. The minimum Gasteiger partial charge on any atom is -0.462 e. The molecule has 2 aliphatic rings. The number of rotatable bonds is 9. The van der Waals surface area contributed by atoms with Crippen molar-refractivity contribution in [2.45, 2.75) is 75.9 Å². The van der Waals surface area contributed by atoms with E-state index < -0.39 is 0 Å².